The third-order valence-corrected chi connectivity index (χ3v) is 7.05. The molecule has 6 heteroatoms. The van der Waals surface area contributed by atoms with Crippen molar-refractivity contribution in [1.29, 1.82) is 0 Å². The van der Waals surface area contributed by atoms with E-state index in [0.717, 1.165) is 53.8 Å². The van der Waals surface area contributed by atoms with E-state index < -0.39 is 10.0 Å². The Morgan fingerprint density at radius 2 is 1.88 bits per heavy atom. The fourth-order valence-electron chi connectivity index (χ4n) is 3.51. The van der Waals surface area contributed by atoms with Crippen molar-refractivity contribution in [3.05, 3.63) is 46.3 Å². The molecule has 1 saturated heterocycles. The van der Waals surface area contributed by atoms with E-state index in [1.165, 1.54) is 0 Å². The summed E-state index contributed by atoms with van der Waals surface area (Å²) in [5.41, 5.74) is 3.62. The highest BCUT2D eigenvalue weighted by Gasteiger charge is 2.38. The number of benzene rings is 1. The molecule has 0 saturated carbocycles. The lowest BCUT2D eigenvalue weighted by Crippen LogP contribution is -2.31. The molecule has 5 nitrogen and oxygen atoms in total. The molecule has 0 N–H and O–H groups in total. The van der Waals surface area contributed by atoms with Crippen molar-refractivity contribution in [1.82, 2.24) is 9.46 Å². The molecule has 0 aliphatic carbocycles. The maximum absolute atomic E-state index is 13.3. The van der Waals surface area contributed by atoms with Crippen molar-refractivity contribution in [2.24, 2.45) is 0 Å². The van der Waals surface area contributed by atoms with Crippen LogP contribution in [0.5, 0.6) is 0 Å². The normalized spacial score (nSPS) is 18.8. The molecule has 1 atom stereocenters. The molecule has 1 aliphatic rings. The molecule has 2 heterocycles. The summed E-state index contributed by atoms with van der Waals surface area (Å²) in [6, 6.07) is 5.42. The summed E-state index contributed by atoms with van der Waals surface area (Å²) in [4.78, 5) is 0.403. The van der Waals surface area contributed by atoms with E-state index in [-0.39, 0.29) is 6.04 Å². The first-order chi connectivity index (χ1) is 11.8. The fourth-order valence-corrected chi connectivity index (χ4v) is 5.47. The quantitative estimate of drug-likeness (QED) is 0.804. The Balaban J connectivity index is 1.97. The highest BCUT2D eigenvalue weighted by Crippen LogP contribution is 2.37. The summed E-state index contributed by atoms with van der Waals surface area (Å²) >= 11 is 0. The van der Waals surface area contributed by atoms with Crippen molar-refractivity contribution in [2.45, 2.75) is 64.3 Å². The van der Waals surface area contributed by atoms with Gasteiger partial charge in [-0.2, -0.15) is 4.31 Å². The highest BCUT2D eigenvalue weighted by atomic mass is 32.2. The highest BCUT2D eigenvalue weighted by molar-refractivity contribution is 7.89. The minimum Gasteiger partial charge on any atom is -0.361 e. The lowest BCUT2D eigenvalue weighted by molar-refractivity contribution is 0.343. The third-order valence-electron chi connectivity index (χ3n) is 5.00. The Kier molecular flexibility index (Phi) is 5.02. The van der Waals surface area contributed by atoms with Crippen LogP contribution in [0.4, 0.5) is 0 Å². The lowest BCUT2D eigenvalue weighted by atomic mass is 10.1. The molecule has 136 valence electrons. The van der Waals surface area contributed by atoms with Gasteiger partial charge in [-0.25, -0.2) is 8.42 Å². The maximum atomic E-state index is 13.3. The van der Waals surface area contributed by atoms with Crippen LogP contribution < -0.4 is 0 Å². The van der Waals surface area contributed by atoms with Gasteiger partial charge in [0.2, 0.25) is 10.0 Å². The summed E-state index contributed by atoms with van der Waals surface area (Å²) < 4.78 is 33.6. The molecule has 0 bridgehead atoms. The van der Waals surface area contributed by atoms with E-state index in [1.54, 1.807) is 10.4 Å². The minimum absolute atomic E-state index is 0.236. The summed E-state index contributed by atoms with van der Waals surface area (Å²) in [5, 5.41) is 4.15. The zero-order chi connectivity index (χ0) is 18.2. The number of sulfonamides is 1. The van der Waals surface area contributed by atoms with Crippen LogP contribution in [0.25, 0.3) is 0 Å². The monoisotopic (exact) mass is 362 g/mol. The van der Waals surface area contributed by atoms with E-state index in [0.29, 0.717) is 11.4 Å². The van der Waals surface area contributed by atoms with E-state index >= 15 is 0 Å². The fraction of sp³-hybridized carbons (Fsp3) is 0.526. The molecule has 3 rings (SSSR count). The number of hydrogen-bond donors (Lipinski definition) is 0. The van der Waals surface area contributed by atoms with E-state index in [1.807, 2.05) is 32.9 Å². The van der Waals surface area contributed by atoms with Crippen molar-refractivity contribution in [3.63, 3.8) is 0 Å². The van der Waals surface area contributed by atoms with Crippen LogP contribution in [0.1, 0.15) is 60.4 Å². The van der Waals surface area contributed by atoms with Crippen LogP contribution in [0, 0.1) is 20.8 Å². The molecule has 0 amide bonds. The van der Waals surface area contributed by atoms with Crippen LogP contribution in [0.3, 0.4) is 0 Å². The molecule has 1 aliphatic heterocycles. The van der Waals surface area contributed by atoms with Gasteiger partial charge < -0.3 is 4.52 Å². The zero-order valence-corrected chi connectivity index (χ0v) is 16.2. The number of aromatic nitrogens is 1. The van der Waals surface area contributed by atoms with Gasteiger partial charge in [-0.1, -0.05) is 18.1 Å². The predicted molar refractivity (Wildman–Crippen MR) is 97.0 cm³/mol. The van der Waals surface area contributed by atoms with Gasteiger partial charge in [0, 0.05) is 19.0 Å². The molecule has 1 fully saturated rings. The second-order valence-electron chi connectivity index (χ2n) is 6.94. The first-order valence-corrected chi connectivity index (χ1v) is 10.3. The standard InChI is InChI=1S/C19H26N2O3S/c1-5-7-16-12-17(20-24-16)18-8-6-9-21(18)25(22,23)19-11-14(3)13(2)10-15(19)4/h10-12,18H,5-9H2,1-4H3/t18-/m0/s1. The summed E-state index contributed by atoms with van der Waals surface area (Å²) in [5.74, 6) is 0.823. The average molecular weight is 362 g/mol. The van der Waals surface area contributed by atoms with E-state index in [9.17, 15) is 8.42 Å². The second kappa shape index (κ2) is 6.92. The van der Waals surface area contributed by atoms with Crippen molar-refractivity contribution < 1.29 is 12.9 Å². The van der Waals surface area contributed by atoms with Crippen LogP contribution >= 0.6 is 0 Å². The SMILES string of the molecule is CCCc1cc([C@@H]2CCCN2S(=O)(=O)c2cc(C)c(C)cc2C)no1. The number of rotatable bonds is 5. The van der Waals surface area contributed by atoms with Crippen LogP contribution in [0.15, 0.2) is 27.6 Å². The number of aryl methyl sites for hydroxylation is 4. The zero-order valence-electron chi connectivity index (χ0n) is 15.4. The van der Waals surface area contributed by atoms with Crippen LogP contribution in [-0.2, 0) is 16.4 Å². The van der Waals surface area contributed by atoms with Gasteiger partial charge in [0.25, 0.3) is 0 Å². The van der Waals surface area contributed by atoms with Gasteiger partial charge >= 0.3 is 0 Å². The molecular weight excluding hydrogens is 336 g/mol. The van der Waals surface area contributed by atoms with Gasteiger partial charge in [-0.15, -0.1) is 0 Å². The minimum atomic E-state index is -3.56. The van der Waals surface area contributed by atoms with Crippen molar-refractivity contribution in [3.8, 4) is 0 Å². The maximum Gasteiger partial charge on any atom is 0.243 e. The topological polar surface area (TPSA) is 63.4 Å². The average Bonchev–Trinajstić information content (AvgIpc) is 3.19. The molecule has 0 spiro atoms. The molecule has 0 radical (unpaired) electrons. The molecule has 25 heavy (non-hydrogen) atoms. The number of hydrogen-bond acceptors (Lipinski definition) is 4. The van der Waals surface area contributed by atoms with E-state index in [2.05, 4.69) is 12.1 Å². The van der Waals surface area contributed by atoms with Crippen molar-refractivity contribution in [2.75, 3.05) is 6.54 Å². The molecule has 1 aromatic heterocycles. The molecule has 1 aromatic carbocycles. The Hall–Kier alpha value is -1.66. The first kappa shape index (κ1) is 18.1. The Morgan fingerprint density at radius 1 is 1.16 bits per heavy atom. The predicted octanol–water partition coefficient (Wildman–Crippen LogP) is 4.08. The smallest absolute Gasteiger partial charge is 0.243 e. The van der Waals surface area contributed by atoms with Crippen LogP contribution in [0.2, 0.25) is 0 Å². The summed E-state index contributed by atoms with van der Waals surface area (Å²) in [6.45, 7) is 8.41. The van der Waals surface area contributed by atoms with Crippen LogP contribution in [-0.4, -0.2) is 24.4 Å². The second-order valence-corrected chi connectivity index (χ2v) is 8.80. The lowest BCUT2D eigenvalue weighted by Gasteiger charge is -2.24. The van der Waals surface area contributed by atoms with Gasteiger partial charge in [-0.05, 0) is 62.8 Å². The number of nitrogens with zero attached hydrogens (tertiary/aromatic N) is 2. The Morgan fingerprint density at radius 3 is 2.60 bits per heavy atom. The van der Waals surface area contributed by atoms with Crippen molar-refractivity contribution >= 4 is 10.0 Å². The Labute approximate surface area is 150 Å². The summed E-state index contributed by atoms with van der Waals surface area (Å²) in [6.07, 6.45) is 3.41. The van der Waals surface area contributed by atoms with E-state index in [4.69, 9.17) is 4.52 Å². The largest absolute Gasteiger partial charge is 0.361 e. The van der Waals surface area contributed by atoms with Gasteiger partial charge in [0.1, 0.15) is 11.5 Å². The van der Waals surface area contributed by atoms with Gasteiger partial charge in [0.15, 0.2) is 0 Å². The summed E-state index contributed by atoms with van der Waals surface area (Å²) in [7, 11) is -3.56. The third kappa shape index (κ3) is 3.37. The molecule has 0 unspecified atom stereocenters. The first-order valence-electron chi connectivity index (χ1n) is 8.89. The molecule has 2 aromatic rings. The van der Waals surface area contributed by atoms with Gasteiger partial charge in [-0.3, -0.25) is 0 Å². The van der Waals surface area contributed by atoms with Gasteiger partial charge in [0.05, 0.1) is 10.9 Å². The molecular formula is C19H26N2O3S. The Bertz CT molecular complexity index is 871.